The predicted octanol–water partition coefficient (Wildman–Crippen LogP) is 1.81. The van der Waals surface area contributed by atoms with E-state index < -0.39 is 15.6 Å². The number of sulfonamides is 1. The molecule has 14 heavy (non-hydrogen) atoms. The van der Waals surface area contributed by atoms with E-state index in [0.29, 0.717) is 0 Å². The van der Waals surface area contributed by atoms with Crippen molar-refractivity contribution in [1.29, 1.82) is 0 Å². The average molecular weight is 217 g/mol. The van der Waals surface area contributed by atoms with Gasteiger partial charge in [0.05, 0.1) is 5.25 Å². The van der Waals surface area contributed by atoms with Crippen LogP contribution in [-0.4, -0.2) is 19.2 Å². The maximum atomic E-state index is 11.6. The van der Waals surface area contributed by atoms with E-state index in [1.54, 1.807) is 0 Å². The smallest absolute Gasteiger partial charge is 0.212 e. The first-order chi connectivity index (χ1) is 6.23. The SMILES string of the molecule is CC(C)=CC(C)(C)NS(=O)(=O)C1CC1. The summed E-state index contributed by atoms with van der Waals surface area (Å²) in [6, 6.07) is 0. The van der Waals surface area contributed by atoms with Gasteiger partial charge < -0.3 is 0 Å². The van der Waals surface area contributed by atoms with Gasteiger partial charge in [-0.15, -0.1) is 0 Å². The van der Waals surface area contributed by atoms with Gasteiger partial charge in [0.2, 0.25) is 10.0 Å². The van der Waals surface area contributed by atoms with Gasteiger partial charge in [-0.1, -0.05) is 11.6 Å². The van der Waals surface area contributed by atoms with Gasteiger partial charge >= 0.3 is 0 Å². The molecule has 0 aromatic rings. The highest BCUT2D eigenvalue weighted by atomic mass is 32.2. The molecule has 1 N–H and O–H groups in total. The van der Waals surface area contributed by atoms with E-state index >= 15 is 0 Å². The molecule has 0 amide bonds. The molecule has 82 valence electrons. The van der Waals surface area contributed by atoms with Crippen molar-refractivity contribution in [2.45, 2.75) is 51.3 Å². The van der Waals surface area contributed by atoms with E-state index in [-0.39, 0.29) is 5.25 Å². The fourth-order valence-corrected chi connectivity index (χ4v) is 3.30. The Kier molecular flexibility index (Phi) is 3.07. The molecular weight excluding hydrogens is 198 g/mol. The van der Waals surface area contributed by atoms with Crippen LogP contribution in [0.3, 0.4) is 0 Å². The Labute approximate surface area is 86.6 Å². The van der Waals surface area contributed by atoms with Crippen molar-refractivity contribution in [3.63, 3.8) is 0 Å². The van der Waals surface area contributed by atoms with E-state index in [0.717, 1.165) is 18.4 Å². The van der Waals surface area contributed by atoms with Crippen LogP contribution in [-0.2, 0) is 10.0 Å². The van der Waals surface area contributed by atoms with Crippen LogP contribution >= 0.6 is 0 Å². The third-order valence-electron chi connectivity index (χ3n) is 2.02. The number of allylic oxidation sites excluding steroid dienone is 1. The molecule has 4 heteroatoms. The lowest BCUT2D eigenvalue weighted by Gasteiger charge is -2.22. The molecule has 0 radical (unpaired) electrons. The highest BCUT2D eigenvalue weighted by Crippen LogP contribution is 2.28. The van der Waals surface area contributed by atoms with Crippen LogP contribution in [0.5, 0.6) is 0 Å². The largest absolute Gasteiger partial charge is 0.215 e. The number of rotatable bonds is 4. The van der Waals surface area contributed by atoms with Crippen LogP contribution in [0.15, 0.2) is 11.6 Å². The van der Waals surface area contributed by atoms with Gasteiger partial charge in [0, 0.05) is 5.54 Å². The first-order valence-corrected chi connectivity index (χ1v) is 6.46. The van der Waals surface area contributed by atoms with Crippen molar-refractivity contribution >= 4 is 10.0 Å². The Morgan fingerprint density at radius 3 is 2.21 bits per heavy atom. The minimum Gasteiger partial charge on any atom is -0.212 e. The zero-order valence-corrected chi connectivity index (χ0v) is 10.1. The minimum atomic E-state index is -3.08. The lowest BCUT2D eigenvalue weighted by molar-refractivity contribution is 0.526. The summed E-state index contributed by atoms with van der Waals surface area (Å²) < 4.78 is 26.0. The summed E-state index contributed by atoms with van der Waals surface area (Å²) >= 11 is 0. The minimum absolute atomic E-state index is 0.146. The zero-order chi connectivity index (χ0) is 11.0. The van der Waals surface area contributed by atoms with Gasteiger partial charge in [-0.05, 0) is 40.5 Å². The second-order valence-corrected chi connectivity index (χ2v) is 6.75. The van der Waals surface area contributed by atoms with Crippen LogP contribution in [0.4, 0.5) is 0 Å². The maximum Gasteiger partial charge on any atom is 0.215 e. The van der Waals surface area contributed by atoms with Crippen LogP contribution < -0.4 is 4.72 Å². The van der Waals surface area contributed by atoms with Gasteiger partial charge in [0.15, 0.2) is 0 Å². The Balaban J connectivity index is 2.71. The molecule has 0 heterocycles. The Bertz CT molecular complexity index is 333. The molecule has 1 aliphatic rings. The summed E-state index contributed by atoms with van der Waals surface area (Å²) in [5.74, 6) is 0. The van der Waals surface area contributed by atoms with E-state index in [1.165, 1.54) is 0 Å². The Morgan fingerprint density at radius 1 is 1.36 bits per heavy atom. The summed E-state index contributed by atoms with van der Waals surface area (Å²) in [4.78, 5) is 0. The third-order valence-corrected chi connectivity index (χ3v) is 4.18. The highest BCUT2D eigenvalue weighted by Gasteiger charge is 2.38. The molecular formula is C10H19NO2S. The second-order valence-electron chi connectivity index (χ2n) is 4.79. The first kappa shape index (κ1) is 11.7. The average Bonchev–Trinajstić information content (AvgIpc) is 2.57. The fourth-order valence-electron chi connectivity index (χ4n) is 1.58. The summed E-state index contributed by atoms with van der Waals surface area (Å²) in [5.41, 5.74) is 0.647. The molecule has 0 bridgehead atoms. The molecule has 1 saturated carbocycles. The molecule has 0 aliphatic heterocycles. The molecule has 1 fully saturated rings. The van der Waals surface area contributed by atoms with Gasteiger partial charge in [0.25, 0.3) is 0 Å². The van der Waals surface area contributed by atoms with Crippen LogP contribution in [0, 0.1) is 0 Å². The zero-order valence-electron chi connectivity index (χ0n) is 9.29. The summed E-state index contributed by atoms with van der Waals surface area (Å²) in [6.07, 6.45) is 3.55. The molecule has 3 nitrogen and oxygen atoms in total. The predicted molar refractivity (Wildman–Crippen MR) is 58.6 cm³/mol. The quantitative estimate of drug-likeness (QED) is 0.730. The van der Waals surface area contributed by atoms with Crippen LogP contribution in [0.1, 0.15) is 40.5 Å². The Morgan fingerprint density at radius 2 is 1.86 bits per heavy atom. The van der Waals surface area contributed by atoms with Gasteiger partial charge in [-0.2, -0.15) is 0 Å². The van der Waals surface area contributed by atoms with Gasteiger partial charge in [-0.3, -0.25) is 0 Å². The van der Waals surface area contributed by atoms with Gasteiger partial charge in [-0.25, -0.2) is 13.1 Å². The topological polar surface area (TPSA) is 46.2 Å². The highest BCUT2D eigenvalue weighted by molar-refractivity contribution is 7.90. The number of hydrogen-bond acceptors (Lipinski definition) is 2. The van der Waals surface area contributed by atoms with Crippen molar-refractivity contribution in [3.05, 3.63) is 11.6 Å². The van der Waals surface area contributed by atoms with Crippen molar-refractivity contribution in [3.8, 4) is 0 Å². The summed E-state index contributed by atoms with van der Waals surface area (Å²) in [6.45, 7) is 7.68. The lowest BCUT2D eigenvalue weighted by atomic mass is 10.0. The molecule has 0 aromatic heterocycles. The van der Waals surface area contributed by atoms with Gasteiger partial charge in [0.1, 0.15) is 0 Å². The number of nitrogens with one attached hydrogen (secondary N) is 1. The molecule has 0 spiro atoms. The molecule has 1 aliphatic carbocycles. The van der Waals surface area contributed by atoms with Crippen molar-refractivity contribution in [1.82, 2.24) is 4.72 Å². The lowest BCUT2D eigenvalue weighted by Crippen LogP contribution is -2.43. The second kappa shape index (κ2) is 3.66. The first-order valence-electron chi connectivity index (χ1n) is 4.92. The van der Waals surface area contributed by atoms with E-state index in [1.807, 2.05) is 33.8 Å². The number of hydrogen-bond donors (Lipinski definition) is 1. The van der Waals surface area contributed by atoms with Crippen LogP contribution in [0.25, 0.3) is 0 Å². The third kappa shape index (κ3) is 3.42. The molecule has 0 saturated heterocycles. The summed E-state index contributed by atoms with van der Waals surface area (Å²) in [5, 5.41) is -0.146. The molecule has 0 unspecified atom stereocenters. The molecule has 0 aromatic carbocycles. The van der Waals surface area contributed by atoms with Crippen molar-refractivity contribution in [2.24, 2.45) is 0 Å². The molecule has 0 atom stereocenters. The fraction of sp³-hybridized carbons (Fsp3) is 0.800. The monoisotopic (exact) mass is 217 g/mol. The standard InChI is InChI=1S/C10H19NO2S/c1-8(2)7-10(3,4)11-14(12,13)9-5-6-9/h7,9,11H,5-6H2,1-4H3. The van der Waals surface area contributed by atoms with Crippen molar-refractivity contribution < 1.29 is 8.42 Å². The Hall–Kier alpha value is -0.350. The van der Waals surface area contributed by atoms with Crippen LogP contribution in [0.2, 0.25) is 0 Å². The van der Waals surface area contributed by atoms with E-state index in [2.05, 4.69) is 4.72 Å². The van der Waals surface area contributed by atoms with E-state index in [9.17, 15) is 8.42 Å². The normalized spacial score (nSPS) is 18.0. The maximum absolute atomic E-state index is 11.6. The summed E-state index contributed by atoms with van der Waals surface area (Å²) in [7, 11) is -3.08. The van der Waals surface area contributed by atoms with E-state index in [4.69, 9.17) is 0 Å². The molecule has 1 rings (SSSR count). The van der Waals surface area contributed by atoms with Crippen molar-refractivity contribution in [2.75, 3.05) is 0 Å².